The van der Waals surface area contributed by atoms with Gasteiger partial charge in [-0.15, -0.1) is 0 Å². The first-order valence-corrected chi connectivity index (χ1v) is 8.03. The molecule has 1 saturated carbocycles. The first-order chi connectivity index (χ1) is 10.3. The van der Waals surface area contributed by atoms with Gasteiger partial charge in [0.15, 0.2) is 0 Å². The molecule has 1 aromatic heterocycles. The highest BCUT2D eigenvalue weighted by Crippen LogP contribution is 2.36. The molecule has 1 atom stereocenters. The van der Waals surface area contributed by atoms with E-state index in [0.29, 0.717) is 0 Å². The number of hydrogen-bond acceptors (Lipinski definition) is 2. The van der Waals surface area contributed by atoms with E-state index in [4.69, 9.17) is 0 Å². The van der Waals surface area contributed by atoms with E-state index in [2.05, 4.69) is 54.5 Å². The molecular weight excluding hydrogens is 256 g/mol. The summed E-state index contributed by atoms with van der Waals surface area (Å²) < 4.78 is 0. The fraction of sp³-hybridized carbons (Fsp3) is 0.421. The normalized spacial score (nSPS) is 16.5. The summed E-state index contributed by atoms with van der Waals surface area (Å²) in [6.45, 7) is 5.20. The van der Waals surface area contributed by atoms with Gasteiger partial charge in [-0.3, -0.25) is 4.98 Å². The number of aryl methyl sites for hydroxylation is 1. The molecule has 0 amide bonds. The van der Waals surface area contributed by atoms with Crippen LogP contribution >= 0.6 is 0 Å². The minimum Gasteiger partial charge on any atom is -0.305 e. The predicted molar refractivity (Wildman–Crippen MR) is 87.5 cm³/mol. The van der Waals surface area contributed by atoms with E-state index in [0.717, 1.165) is 18.2 Å². The Morgan fingerprint density at radius 2 is 1.95 bits per heavy atom. The molecule has 1 aliphatic rings. The van der Waals surface area contributed by atoms with Crippen molar-refractivity contribution in [1.29, 1.82) is 0 Å². The first-order valence-electron chi connectivity index (χ1n) is 8.03. The van der Waals surface area contributed by atoms with Crippen molar-refractivity contribution in [3.05, 3.63) is 65.0 Å². The van der Waals surface area contributed by atoms with Crippen molar-refractivity contribution in [3.63, 3.8) is 0 Å². The highest BCUT2D eigenvalue weighted by atomic mass is 14.9. The summed E-state index contributed by atoms with van der Waals surface area (Å²) >= 11 is 0. The van der Waals surface area contributed by atoms with Crippen LogP contribution in [-0.4, -0.2) is 11.5 Å². The molecule has 1 fully saturated rings. The second kappa shape index (κ2) is 6.40. The third-order valence-electron chi connectivity index (χ3n) is 4.49. The van der Waals surface area contributed by atoms with Gasteiger partial charge in [-0.1, -0.05) is 37.6 Å². The molecule has 21 heavy (non-hydrogen) atoms. The Hall–Kier alpha value is -1.67. The van der Waals surface area contributed by atoms with Crippen LogP contribution in [0, 0.1) is 6.92 Å². The smallest absolute Gasteiger partial charge is 0.0751 e. The lowest BCUT2D eigenvalue weighted by molar-refractivity contribution is 0.419. The quantitative estimate of drug-likeness (QED) is 0.880. The monoisotopic (exact) mass is 280 g/mol. The van der Waals surface area contributed by atoms with Crippen LogP contribution in [0.5, 0.6) is 0 Å². The maximum Gasteiger partial charge on any atom is 0.0751 e. The maximum atomic E-state index is 4.56. The second-order valence-corrected chi connectivity index (χ2v) is 6.04. The summed E-state index contributed by atoms with van der Waals surface area (Å²) in [5, 5.41) is 3.56. The van der Waals surface area contributed by atoms with E-state index in [1.54, 1.807) is 0 Å². The first kappa shape index (κ1) is 14.3. The van der Waals surface area contributed by atoms with Gasteiger partial charge >= 0.3 is 0 Å². The molecule has 1 heterocycles. The number of nitrogens with zero attached hydrogens (tertiary/aromatic N) is 1. The molecule has 0 spiro atoms. The van der Waals surface area contributed by atoms with Crippen LogP contribution in [-0.2, 0) is 0 Å². The van der Waals surface area contributed by atoms with E-state index in [1.165, 1.54) is 36.0 Å². The van der Waals surface area contributed by atoms with Crippen molar-refractivity contribution >= 4 is 0 Å². The summed E-state index contributed by atoms with van der Waals surface area (Å²) in [5.41, 5.74) is 5.16. The molecule has 2 heteroatoms. The molecule has 110 valence electrons. The van der Waals surface area contributed by atoms with Crippen molar-refractivity contribution in [2.24, 2.45) is 0 Å². The lowest BCUT2D eigenvalue weighted by Crippen LogP contribution is -2.23. The van der Waals surface area contributed by atoms with Gasteiger partial charge in [-0.05, 0) is 61.1 Å². The van der Waals surface area contributed by atoms with Gasteiger partial charge in [0.1, 0.15) is 0 Å². The lowest BCUT2D eigenvalue weighted by atomic mass is 9.80. The highest BCUT2D eigenvalue weighted by molar-refractivity contribution is 5.33. The van der Waals surface area contributed by atoms with E-state index in [9.17, 15) is 0 Å². The fourth-order valence-corrected chi connectivity index (χ4v) is 3.02. The van der Waals surface area contributed by atoms with Crippen molar-refractivity contribution in [2.75, 3.05) is 6.54 Å². The van der Waals surface area contributed by atoms with Crippen molar-refractivity contribution in [1.82, 2.24) is 10.3 Å². The molecule has 1 unspecified atom stereocenters. The molecule has 0 bridgehead atoms. The Morgan fingerprint density at radius 3 is 2.52 bits per heavy atom. The number of hydrogen-bond donors (Lipinski definition) is 1. The van der Waals surface area contributed by atoms with Crippen LogP contribution in [0.15, 0.2) is 42.6 Å². The average Bonchev–Trinajstić information content (AvgIpc) is 2.44. The van der Waals surface area contributed by atoms with Crippen LogP contribution < -0.4 is 5.32 Å². The number of benzene rings is 1. The molecule has 1 aromatic carbocycles. The minimum atomic E-state index is 0.186. The Balaban J connectivity index is 1.86. The maximum absolute atomic E-state index is 4.56. The Labute approximate surface area is 127 Å². The van der Waals surface area contributed by atoms with E-state index in [-0.39, 0.29) is 6.04 Å². The summed E-state index contributed by atoms with van der Waals surface area (Å²) in [6, 6.07) is 13.6. The van der Waals surface area contributed by atoms with Crippen molar-refractivity contribution < 1.29 is 0 Å². The molecular formula is C19H24N2. The number of rotatable bonds is 5. The molecule has 1 aliphatic carbocycles. The SMILES string of the molecule is CCNC(c1ccc(C2CCC2)cc1)c1cc(C)ccn1. The van der Waals surface area contributed by atoms with Crippen LogP contribution in [0.2, 0.25) is 0 Å². The van der Waals surface area contributed by atoms with Gasteiger partial charge in [-0.25, -0.2) is 0 Å². The van der Waals surface area contributed by atoms with E-state index < -0.39 is 0 Å². The largest absolute Gasteiger partial charge is 0.305 e. The topological polar surface area (TPSA) is 24.9 Å². The second-order valence-electron chi connectivity index (χ2n) is 6.04. The van der Waals surface area contributed by atoms with E-state index >= 15 is 0 Å². The van der Waals surface area contributed by atoms with Gasteiger partial charge < -0.3 is 5.32 Å². The Kier molecular flexibility index (Phi) is 4.35. The standard InChI is InChI=1S/C19H24N2/c1-3-20-19(18-13-14(2)11-12-21-18)17-9-7-16(8-10-17)15-5-4-6-15/h7-13,15,19-20H,3-6H2,1-2H3. The molecule has 0 aliphatic heterocycles. The van der Waals surface area contributed by atoms with Crippen molar-refractivity contribution in [2.45, 2.75) is 45.1 Å². The summed E-state index contributed by atoms with van der Waals surface area (Å²) in [6.07, 6.45) is 6.00. The lowest BCUT2D eigenvalue weighted by Gasteiger charge is -2.26. The van der Waals surface area contributed by atoms with Crippen LogP contribution in [0.1, 0.15) is 60.5 Å². The summed E-state index contributed by atoms with van der Waals surface area (Å²) in [5.74, 6) is 0.800. The highest BCUT2D eigenvalue weighted by Gasteiger charge is 2.20. The van der Waals surface area contributed by atoms with Gasteiger partial charge in [0.2, 0.25) is 0 Å². The van der Waals surface area contributed by atoms with Crippen LogP contribution in [0.3, 0.4) is 0 Å². The number of pyridine rings is 1. The van der Waals surface area contributed by atoms with Crippen molar-refractivity contribution in [3.8, 4) is 0 Å². The summed E-state index contributed by atoms with van der Waals surface area (Å²) in [4.78, 5) is 4.56. The Bertz CT molecular complexity index is 585. The third kappa shape index (κ3) is 3.16. The zero-order valence-electron chi connectivity index (χ0n) is 13.0. The minimum absolute atomic E-state index is 0.186. The predicted octanol–water partition coefficient (Wildman–Crippen LogP) is 4.36. The molecule has 0 radical (unpaired) electrons. The fourth-order valence-electron chi connectivity index (χ4n) is 3.02. The summed E-state index contributed by atoms with van der Waals surface area (Å²) in [7, 11) is 0. The van der Waals surface area contributed by atoms with Gasteiger partial charge in [0, 0.05) is 6.20 Å². The molecule has 3 rings (SSSR count). The van der Waals surface area contributed by atoms with Gasteiger partial charge in [0.25, 0.3) is 0 Å². The molecule has 2 nitrogen and oxygen atoms in total. The van der Waals surface area contributed by atoms with Crippen LogP contribution in [0.4, 0.5) is 0 Å². The molecule has 1 N–H and O–H groups in total. The zero-order chi connectivity index (χ0) is 14.7. The Morgan fingerprint density at radius 1 is 1.19 bits per heavy atom. The average molecular weight is 280 g/mol. The zero-order valence-corrected chi connectivity index (χ0v) is 13.0. The van der Waals surface area contributed by atoms with Gasteiger partial charge in [0.05, 0.1) is 11.7 Å². The molecule has 2 aromatic rings. The van der Waals surface area contributed by atoms with Gasteiger partial charge in [-0.2, -0.15) is 0 Å². The van der Waals surface area contributed by atoms with E-state index in [1.807, 2.05) is 12.3 Å². The number of nitrogens with one attached hydrogen (secondary N) is 1. The third-order valence-corrected chi connectivity index (χ3v) is 4.49. The number of aromatic nitrogens is 1. The van der Waals surface area contributed by atoms with Crippen LogP contribution in [0.25, 0.3) is 0 Å². The molecule has 0 saturated heterocycles.